The molecule has 0 spiro atoms. The average Bonchev–Trinajstić information content (AvgIpc) is 1.64. The monoisotopic (exact) mass is 1160 g/mol. The van der Waals surface area contributed by atoms with Crippen molar-refractivity contribution < 1.29 is 60.8 Å². The third kappa shape index (κ3) is 15.4. The molecule has 9 rings (SSSR count). The fourth-order valence-electron chi connectivity index (χ4n) is 9.82. The smallest absolute Gasteiger partial charge is 0.545 e. The molecule has 1 fully saturated rings. The van der Waals surface area contributed by atoms with E-state index in [2.05, 4.69) is 30.7 Å². The number of aromatic carboxylic acids is 1. The summed E-state index contributed by atoms with van der Waals surface area (Å²) in [6.45, 7) is 3.20. The lowest BCUT2D eigenvalue weighted by Gasteiger charge is -2.41. The number of aromatic nitrogens is 6. The van der Waals surface area contributed by atoms with Crippen LogP contribution in [-0.4, -0.2) is 170 Å². The lowest BCUT2D eigenvalue weighted by molar-refractivity contribution is -0.274. The number of benzene rings is 5. The van der Waals surface area contributed by atoms with Crippen molar-refractivity contribution in [3.05, 3.63) is 149 Å². The number of hydrogen-bond donors (Lipinski definition) is 1. The van der Waals surface area contributed by atoms with E-state index in [4.69, 9.17) is 18.6 Å². The Balaban J connectivity index is 0.658. The van der Waals surface area contributed by atoms with Gasteiger partial charge in [0.2, 0.25) is 11.3 Å². The van der Waals surface area contributed by atoms with Crippen LogP contribution in [0.2, 0.25) is 0 Å². The second kappa shape index (κ2) is 27.4. The second-order valence-electron chi connectivity index (χ2n) is 20.4. The number of carbonyl (C=O) groups excluding carboxylic acids is 4. The van der Waals surface area contributed by atoms with Gasteiger partial charge in [-0.3, -0.25) is 9.59 Å². The predicted octanol–water partition coefficient (Wildman–Crippen LogP) is 5.64. The summed E-state index contributed by atoms with van der Waals surface area (Å²) in [6.07, 6.45) is 0.241. The number of aryl methyl sites for hydroxylation is 1. The SMILES string of the molecule is CN(C)c1ccc2c(-c3ccc(C(=O)NCCOCCOCCOCCn4cc(CCCC(=O)N5CCN(C(=O)n6cc(-c7ccc(OC(F)(F)F)cc7)nn6)C(Cc6ccccc6)C5)nn4)c(C(=O)[O-])c3)c3ccc(=[N+](C)C)cc-3oc2c1. The molecule has 1 atom stereocenters. The van der Waals surface area contributed by atoms with E-state index in [9.17, 15) is 37.5 Å². The van der Waals surface area contributed by atoms with E-state index in [0.29, 0.717) is 87.8 Å². The zero-order valence-electron chi connectivity index (χ0n) is 46.9. The number of ether oxygens (including phenoxy) is 4. The van der Waals surface area contributed by atoms with Gasteiger partial charge in [-0.25, -0.2) is 14.1 Å². The van der Waals surface area contributed by atoms with Crippen molar-refractivity contribution in [2.75, 3.05) is 98.9 Å². The van der Waals surface area contributed by atoms with Crippen LogP contribution in [0.15, 0.2) is 126 Å². The first-order chi connectivity index (χ1) is 40.5. The van der Waals surface area contributed by atoms with Crippen molar-refractivity contribution in [1.29, 1.82) is 0 Å². The van der Waals surface area contributed by atoms with E-state index in [1.165, 1.54) is 30.5 Å². The van der Waals surface area contributed by atoms with E-state index < -0.39 is 24.3 Å². The number of halogens is 3. The summed E-state index contributed by atoms with van der Waals surface area (Å²) in [6, 6.07) is 30.3. The first-order valence-corrected chi connectivity index (χ1v) is 27.3. The number of rotatable bonds is 24. The van der Waals surface area contributed by atoms with Crippen LogP contribution in [0.4, 0.5) is 23.7 Å². The number of anilines is 1. The maximum absolute atomic E-state index is 13.9. The normalized spacial score (nSPS) is 13.6. The van der Waals surface area contributed by atoms with Crippen LogP contribution in [0.1, 0.15) is 44.8 Å². The molecule has 6 aromatic rings. The van der Waals surface area contributed by atoms with Crippen LogP contribution in [0.25, 0.3) is 44.7 Å². The molecule has 0 bridgehead atoms. The standard InChI is InChI=1S/C60H64F3N11O10/c1-69(2)44-16-21-49-53(35-44)83-54-36-45(70(3)4)17-22-50(54)56(49)42-15-20-48(51(34-42)58(77)78)57(76)64-23-27-80-29-31-82-32-30-81-28-26-72-37-43(65-67-72)11-8-12-55(75)71-24-25-73(46(38-71)33-40-9-6-5-7-10-40)59(79)74-39-52(66-68-74)41-13-18-47(19-14-41)84-60(61,62)63/h5-7,9-10,13-22,34-37,39,46H,8,11-12,23-33,38H2,1-4H3,(H-,64,76,77,78). The molecule has 4 heterocycles. The minimum atomic E-state index is -4.83. The Bertz CT molecular complexity index is 3620. The molecule has 1 saturated heterocycles. The fourth-order valence-corrected chi connectivity index (χ4v) is 9.82. The van der Waals surface area contributed by atoms with Gasteiger partial charge in [0.25, 0.3) is 5.91 Å². The number of fused-ring (bicyclic) bond motifs is 2. The molecule has 1 aliphatic carbocycles. The van der Waals surface area contributed by atoms with Crippen LogP contribution in [0, 0.1) is 0 Å². The Kier molecular flexibility index (Phi) is 19.4. The van der Waals surface area contributed by atoms with Crippen molar-refractivity contribution in [2.45, 2.75) is 44.6 Å². The number of nitrogens with one attached hydrogen (secondary N) is 1. The predicted molar refractivity (Wildman–Crippen MR) is 302 cm³/mol. The summed E-state index contributed by atoms with van der Waals surface area (Å²) < 4.78 is 70.1. The van der Waals surface area contributed by atoms with E-state index in [1.54, 1.807) is 20.5 Å². The number of amides is 3. The Morgan fingerprint density at radius 2 is 1.54 bits per heavy atom. The lowest BCUT2D eigenvalue weighted by Crippen LogP contribution is -2.58. The number of alkyl halides is 3. The Morgan fingerprint density at radius 1 is 0.798 bits per heavy atom. The van der Waals surface area contributed by atoms with Gasteiger partial charge >= 0.3 is 12.4 Å². The molecule has 21 nitrogen and oxygen atoms in total. The maximum atomic E-state index is 13.9. The van der Waals surface area contributed by atoms with E-state index in [0.717, 1.165) is 55.6 Å². The van der Waals surface area contributed by atoms with Gasteiger partial charge in [0.15, 0.2) is 0 Å². The summed E-state index contributed by atoms with van der Waals surface area (Å²) in [7, 11) is 7.76. The summed E-state index contributed by atoms with van der Waals surface area (Å²) in [5, 5.41) is 33.5. The molecule has 1 N–H and O–H groups in total. The van der Waals surface area contributed by atoms with Crippen LogP contribution >= 0.6 is 0 Å². The summed E-state index contributed by atoms with van der Waals surface area (Å²) in [4.78, 5) is 58.6. The highest BCUT2D eigenvalue weighted by molar-refractivity contribution is 6.08. The Morgan fingerprint density at radius 3 is 2.26 bits per heavy atom. The highest BCUT2D eigenvalue weighted by Gasteiger charge is 2.34. The van der Waals surface area contributed by atoms with Crippen molar-refractivity contribution in [3.8, 4) is 39.5 Å². The van der Waals surface area contributed by atoms with Crippen LogP contribution in [-0.2, 0) is 38.4 Å². The maximum Gasteiger partial charge on any atom is 0.573 e. The Hall–Kier alpha value is -9.00. The number of hydrogen-bond acceptors (Lipinski definition) is 15. The topological polar surface area (TPSA) is 228 Å². The minimum Gasteiger partial charge on any atom is -0.545 e. The molecule has 2 aromatic heterocycles. The highest BCUT2D eigenvalue weighted by Crippen LogP contribution is 2.41. The molecule has 84 heavy (non-hydrogen) atoms. The van der Waals surface area contributed by atoms with Gasteiger partial charge in [-0.2, -0.15) is 4.68 Å². The molecule has 440 valence electrons. The summed E-state index contributed by atoms with van der Waals surface area (Å²) >= 11 is 0. The molecule has 2 aliphatic heterocycles. The molecular weight excluding hydrogens is 1090 g/mol. The van der Waals surface area contributed by atoms with Crippen molar-refractivity contribution in [3.63, 3.8) is 0 Å². The Labute approximate surface area is 481 Å². The molecule has 24 heteroatoms. The van der Waals surface area contributed by atoms with Gasteiger partial charge in [0.05, 0.1) is 76.2 Å². The molecule has 4 aromatic carbocycles. The number of carboxylic acid groups (broad SMARTS) is 1. The van der Waals surface area contributed by atoms with Gasteiger partial charge in [-0.15, -0.1) is 23.4 Å². The van der Waals surface area contributed by atoms with Gasteiger partial charge < -0.3 is 53.3 Å². The van der Waals surface area contributed by atoms with Gasteiger partial charge in [0, 0.05) is 104 Å². The average molecular weight is 1160 g/mol. The summed E-state index contributed by atoms with van der Waals surface area (Å²) in [5.74, 6) is -1.87. The number of carboxylic acids is 1. The first kappa shape index (κ1) is 59.6. The van der Waals surface area contributed by atoms with E-state index in [-0.39, 0.29) is 67.2 Å². The zero-order chi connectivity index (χ0) is 59.3. The molecule has 3 aliphatic rings. The number of piperazine rings is 1. The van der Waals surface area contributed by atoms with Gasteiger partial charge in [-0.05, 0) is 85.0 Å². The van der Waals surface area contributed by atoms with E-state index >= 15 is 0 Å². The molecular formula is C60H64F3N11O10. The van der Waals surface area contributed by atoms with Crippen LogP contribution in [0.5, 0.6) is 5.75 Å². The largest absolute Gasteiger partial charge is 0.573 e. The third-order valence-corrected chi connectivity index (χ3v) is 14.1. The van der Waals surface area contributed by atoms with Crippen molar-refractivity contribution in [2.24, 2.45) is 0 Å². The molecule has 0 saturated carbocycles. The summed E-state index contributed by atoms with van der Waals surface area (Å²) in [5.41, 5.74) is 5.86. The third-order valence-electron chi connectivity index (χ3n) is 14.1. The van der Waals surface area contributed by atoms with Gasteiger partial charge in [0.1, 0.15) is 36.9 Å². The van der Waals surface area contributed by atoms with Crippen molar-refractivity contribution in [1.82, 2.24) is 49.7 Å². The quantitative estimate of drug-likeness (QED) is 0.0439. The first-order valence-electron chi connectivity index (χ1n) is 27.3. The highest BCUT2D eigenvalue weighted by atomic mass is 19.4. The number of nitrogens with zero attached hydrogens (tertiary/aromatic N) is 10. The molecule has 1 unspecified atom stereocenters. The van der Waals surface area contributed by atoms with Crippen molar-refractivity contribution >= 4 is 40.5 Å². The lowest BCUT2D eigenvalue weighted by atomic mass is 9.91. The number of carbonyl (C=O) groups is 4. The van der Waals surface area contributed by atoms with Crippen LogP contribution < -0.4 is 30.0 Å². The van der Waals surface area contributed by atoms with Gasteiger partial charge in [-0.1, -0.05) is 46.8 Å². The van der Waals surface area contributed by atoms with Crippen LogP contribution in [0.3, 0.4) is 0 Å². The minimum absolute atomic E-state index is 0.0343. The molecule has 3 amide bonds. The second-order valence-corrected chi connectivity index (χ2v) is 20.4. The van der Waals surface area contributed by atoms with E-state index in [1.807, 2.05) is 111 Å². The fraction of sp³-hybridized carbons (Fsp3) is 0.350. The zero-order valence-corrected chi connectivity index (χ0v) is 46.9. The molecule has 0 radical (unpaired) electrons.